The highest BCUT2D eigenvalue weighted by Crippen LogP contribution is 2.17. The van der Waals surface area contributed by atoms with E-state index >= 15 is 0 Å². The van der Waals surface area contributed by atoms with Gasteiger partial charge in [0.05, 0.1) is 0 Å². The van der Waals surface area contributed by atoms with Crippen molar-refractivity contribution in [2.45, 2.75) is 0 Å². The molecule has 0 aliphatic rings. The van der Waals surface area contributed by atoms with E-state index in [1.807, 2.05) is 24.3 Å². The third-order valence-corrected chi connectivity index (χ3v) is 3.40. The molecule has 0 amide bonds. The lowest BCUT2D eigenvalue weighted by atomic mass is 10.1. The maximum absolute atomic E-state index is 12.1. The number of rotatable bonds is 3. The molecule has 0 radical (unpaired) electrons. The predicted octanol–water partition coefficient (Wildman–Crippen LogP) is 4.32. The molecule has 0 aromatic heterocycles. The van der Waals surface area contributed by atoms with Gasteiger partial charge in [-0.2, -0.15) is 0 Å². The number of fused-ring (bicyclic) bond motifs is 1. The van der Waals surface area contributed by atoms with E-state index in [2.05, 4.69) is 24.3 Å². The van der Waals surface area contributed by atoms with E-state index in [0.29, 0.717) is 11.3 Å². The molecule has 0 spiro atoms. The number of allylic oxidation sites excluding steroid dienone is 1. The Morgan fingerprint density at radius 2 is 1.57 bits per heavy atom. The number of hydrogen-bond acceptors (Lipinski definition) is 2. The lowest BCUT2D eigenvalue weighted by Gasteiger charge is -1.99. The number of carbonyl (C=O) groups is 1. The number of benzene rings is 3. The predicted molar refractivity (Wildman–Crippen MR) is 88.2 cm³/mol. The second kappa shape index (κ2) is 5.63. The van der Waals surface area contributed by atoms with Crippen LogP contribution in [0.15, 0.2) is 72.8 Å². The van der Waals surface area contributed by atoms with E-state index in [1.54, 1.807) is 30.3 Å². The molecule has 3 aromatic rings. The summed E-state index contributed by atoms with van der Waals surface area (Å²) >= 11 is 0. The second-order valence-corrected chi connectivity index (χ2v) is 4.93. The van der Waals surface area contributed by atoms with Crippen molar-refractivity contribution in [1.82, 2.24) is 0 Å². The Morgan fingerprint density at radius 3 is 2.33 bits per heavy atom. The molecule has 3 rings (SSSR count). The summed E-state index contributed by atoms with van der Waals surface area (Å²) in [7, 11) is 0. The number of anilines is 1. The third-order valence-electron chi connectivity index (χ3n) is 3.40. The van der Waals surface area contributed by atoms with E-state index in [4.69, 9.17) is 5.73 Å². The normalized spacial score (nSPS) is 11.0. The molecule has 0 aliphatic carbocycles. The van der Waals surface area contributed by atoms with E-state index in [0.717, 1.165) is 5.56 Å². The molecule has 0 saturated heterocycles. The van der Waals surface area contributed by atoms with Gasteiger partial charge in [-0.05, 0) is 52.7 Å². The van der Waals surface area contributed by atoms with Crippen molar-refractivity contribution in [1.29, 1.82) is 0 Å². The molecular formula is C19H15NO. The largest absolute Gasteiger partial charge is 0.399 e. The summed E-state index contributed by atoms with van der Waals surface area (Å²) in [5, 5.41) is 2.36. The quantitative estimate of drug-likeness (QED) is 0.439. The average molecular weight is 273 g/mol. The molecule has 2 heteroatoms. The highest BCUT2D eigenvalue weighted by molar-refractivity contribution is 6.07. The fourth-order valence-corrected chi connectivity index (χ4v) is 2.23. The minimum absolute atomic E-state index is 0.0249. The molecule has 0 saturated carbocycles. The maximum atomic E-state index is 12.1. The average Bonchev–Trinajstić information content (AvgIpc) is 2.53. The Hall–Kier alpha value is -2.87. The van der Waals surface area contributed by atoms with Crippen molar-refractivity contribution in [3.05, 3.63) is 83.9 Å². The molecule has 3 aromatic carbocycles. The van der Waals surface area contributed by atoms with Gasteiger partial charge in [0.2, 0.25) is 0 Å². The molecule has 0 bridgehead atoms. The van der Waals surface area contributed by atoms with Crippen LogP contribution < -0.4 is 5.73 Å². The molecule has 0 atom stereocenters. The van der Waals surface area contributed by atoms with Crippen LogP contribution in [-0.4, -0.2) is 5.78 Å². The van der Waals surface area contributed by atoms with Gasteiger partial charge in [-0.25, -0.2) is 0 Å². The van der Waals surface area contributed by atoms with Crippen molar-refractivity contribution in [2.24, 2.45) is 0 Å². The molecule has 0 aliphatic heterocycles. The summed E-state index contributed by atoms with van der Waals surface area (Å²) in [5.74, 6) is -0.0249. The van der Waals surface area contributed by atoms with E-state index in [9.17, 15) is 4.79 Å². The molecule has 21 heavy (non-hydrogen) atoms. The van der Waals surface area contributed by atoms with Gasteiger partial charge in [0.15, 0.2) is 5.78 Å². The first-order valence-electron chi connectivity index (χ1n) is 6.79. The molecular weight excluding hydrogens is 258 g/mol. The summed E-state index contributed by atoms with van der Waals surface area (Å²) in [6.45, 7) is 0. The van der Waals surface area contributed by atoms with Gasteiger partial charge in [0.1, 0.15) is 0 Å². The van der Waals surface area contributed by atoms with Crippen LogP contribution >= 0.6 is 0 Å². The van der Waals surface area contributed by atoms with Gasteiger partial charge in [0, 0.05) is 11.3 Å². The monoisotopic (exact) mass is 273 g/mol. The Bertz CT molecular complexity index is 816. The Labute approximate surface area is 123 Å². The van der Waals surface area contributed by atoms with Crippen LogP contribution in [0.5, 0.6) is 0 Å². The van der Waals surface area contributed by atoms with Crippen LogP contribution in [0, 0.1) is 0 Å². The zero-order valence-electron chi connectivity index (χ0n) is 11.5. The number of nitrogens with two attached hydrogens (primary N) is 1. The van der Waals surface area contributed by atoms with Crippen LogP contribution in [0.2, 0.25) is 0 Å². The smallest absolute Gasteiger partial charge is 0.185 e. The summed E-state index contributed by atoms with van der Waals surface area (Å²) in [4.78, 5) is 12.1. The molecule has 0 heterocycles. The Balaban J connectivity index is 1.83. The molecule has 0 unspecified atom stereocenters. The standard InChI is InChI=1S/C19H15NO/c20-18-10-8-16(9-11-18)19(21)12-6-14-5-7-15-3-1-2-4-17(15)13-14/h1-13H,20H2/b12-6+. The third kappa shape index (κ3) is 3.00. The minimum Gasteiger partial charge on any atom is -0.399 e. The first-order valence-corrected chi connectivity index (χ1v) is 6.79. The Morgan fingerprint density at radius 1 is 0.857 bits per heavy atom. The summed E-state index contributed by atoms with van der Waals surface area (Å²) in [5.41, 5.74) is 7.92. The second-order valence-electron chi connectivity index (χ2n) is 4.93. The van der Waals surface area contributed by atoms with E-state index in [-0.39, 0.29) is 5.78 Å². The molecule has 0 fully saturated rings. The van der Waals surface area contributed by atoms with Crippen molar-refractivity contribution in [3.63, 3.8) is 0 Å². The van der Waals surface area contributed by atoms with Gasteiger partial charge >= 0.3 is 0 Å². The van der Waals surface area contributed by atoms with Crippen LogP contribution in [0.25, 0.3) is 16.8 Å². The van der Waals surface area contributed by atoms with Gasteiger partial charge in [-0.3, -0.25) is 4.79 Å². The van der Waals surface area contributed by atoms with Crippen LogP contribution in [0.4, 0.5) is 5.69 Å². The van der Waals surface area contributed by atoms with Gasteiger partial charge in [-0.1, -0.05) is 42.5 Å². The van der Waals surface area contributed by atoms with Crippen LogP contribution in [0.3, 0.4) is 0 Å². The van der Waals surface area contributed by atoms with Crippen LogP contribution in [0.1, 0.15) is 15.9 Å². The lowest BCUT2D eigenvalue weighted by molar-refractivity contribution is 0.104. The fourth-order valence-electron chi connectivity index (χ4n) is 2.23. The fraction of sp³-hybridized carbons (Fsp3) is 0. The number of carbonyl (C=O) groups excluding carboxylic acids is 1. The van der Waals surface area contributed by atoms with Gasteiger partial charge in [0.25, 0.3) is 0 Å². The summed E-state index contributed by atoms with van der Waals surface area (Å²) < 4.78 is 0. The first-order chi connectivity index (χ1) is 10.2. The molecule has 102 valence electrons. The minimum atomic E-state index is -0.0249. The number of nitrogen functional groups attached to an aromatic ring is 1. The Kier molecular flexibility index (Phi) is 3.52. The van der Waals surface area contributed by atoms with Crippen molar-refractivity contribution in [2.75, 3.05) is 5.73 Å². The van der Waals surface area contributed by atoms with Crippen LogP contribution in [-0.2, 0) is 0 Å². The molecule has 2 nitrogen and oxygen atoms in total. The SMILES string of the molecule is Nc1ccc(C(=O)/C=C/c2ccc3ccccc3c2)cc1. The highest BCUT2D eigenvalue weighted by atomic mass is 16.1. The lowest BCUT2D eigenvalue weighted by Crippen LogP contribution is -1.94. The van der Waals surface area contributed by atoms with Crippen molar-refractivity contribution >= 4 is 28.3 Å². The topological polar surface area (TPSA) is 43.1 Å². The zero-order chi connectivity index (χ0) is 14.7. The summed E-state index contributed by atoms with van der Waals surface area (Å²) in [6.07, 6.45) is 3.43. The van der Waals surface area contributed by atoms with Gasteiger partial charge in [-0.15, -0.1) is 0 Å². The number of ketones is 1. The van der Waals surface area contributed by atoms with E-state index < -0.39 is 0 Å². The van der Waals surface area contributed by atoms with E-state index in [1.165, 1.54) is 10.8 Å². The van der Waals surface area contributed by atoms with Crippen molar-refractivity contribution in [3.8, 4) is 0 Å². The van der Waals surface area contributed by atoms with Crippen molar-refractivity contribution < 1.29 is 4.79 Å². The number of hydrogen-bond donors (Lipinski definition) is 1. The maximum Gasteiger partial charge on any atom is 0.185 e. The zero-order valence-corrected chi connectivity index (χ0v) is 11.5. The molecule has 2 N–H and O–H groups in total. The van der Waals surface area contributed by atoms with Gasteiger partial charge < -0.3 is 5.73 Å². The first kappa shape index (κ1) is 13.1. The summed E-state index contributed by atoms with van der Waals surface area (Å²) in [6, 6.07) is 21.2. The highest BCUT2D eigenvalue weighted by Gasteiger charge is 2.01.